The summed E-state index contributed by atoms with van der Waals surface area (Å²) in [5, 5.41) is 16.2. The van der Waals surface area contributed by atoms with Gasteiger partial charge in [-0.05, 0) is 38.2 Å². The number of benzene rings is 1. The Balaban J connectivity index is 1.39. The highest BCUT2D eigenvalue weighted by Gasteiger charge is 2.31. The third kappa shape index (κ3) is 4.95. The normalized spacial score (nSPS) is 22.5. The fourth-order valence-electron chi connectivity index (χ4n) is 4.06. The van der Waals surface area contributed by atoms with Gasteiger partial charge in [0.05, 0.1) is 5.60 Å². The number of carbonyl (C=O) groups is 1. The Kier molecular flexibility index (Phi) is 5.97. The molecule has 1 heterocycles. The summed E-state index contributed by atoms with van der Waals surface area (Å²) < 4.78 is 0. The van der Waals surface area contributed by atoms with Gasteiger partial charge >= 0.3 is 6.03 Å². The lowest BCUT2D eigenvalue weighted by Crippen LogP contribution is -2.50. The molecule has 2 fully saturated rings. The number of nitrogens with one attached hydrogen (secondary N) is 2. The molecule has 1 aliphatic carbocycles. The third-order valence-corrected chi connectivity index (χ3v) is 5.81. The molecule has 3 rings (SSSR count). The van der Waals surface area contributed by atoms with Gasteiger partial charge in [-0.3, -0.25) is 4.90 Å². The zero-order valence-electron chi connectivity index (χ0n) is 15.2. The fourth-order valence-corrected chi connectivity index (χ4v) is 4.06. The van der Waals surface area contributed by atoms with E-state index in [1.54, 1.807) is 0 Å². The summed E-state index contributed by atoms with van der Waals surface area (Å²) >= 11 is 0. The monoisotopic (exact) mass is 345 g/mol. The molecular formula is C20H31N3O2. The van der Waals surface area contributed by atoms with Crippen molar-refractivity contribution in [3.63, 3.8) is 0 Å². The van der Waals surface area contributed by atoms with Crippen LogP contribution in [0.2, 0.25) is 0 Å². The van der Waals surface area contributed by atoms with Gasteiger partial charge in [0.25, 0.3) is 0 Å². The molecular weight excluding hydrogens is 314 g/mol. The van der Waals surface area contributed by atoms with Crippen LogP contribution in [0.15, 0.2) is 30.3 Å². The van der Waals surface area contributed by atoms with Crippen LogP contribution in [0.5, 0.6) is 0 Å². The lowest BCUT2D eigenvalue weighted by atomic mass is 10.0. The number of carbonyl (C=O) groups excluding carboxylic acids is 1. The van der Waals surface area contributed by atoms with Crippen LogP contribution in [0.25, 0.3) is 0 Å². The number of hydrogen-bond donors (Lipinski definition) is 3. The van der Waals surface area contributed by atoms with E-state index >= 15 is 0 Å². The standard InChI is InChI=1S/C20H31N3O2/c1-16(17-7-3-2-4-8-17)23-13-9-18(10-14-23)22-19(24)21-15-20(25)11-5-6-12-20/h2-4,7-8,16,18,25H,5-6,9-15H2,1H3,(H2,21,22,24). The molecule has 1 aromatic rings. The highest BCUT2D eigenvalue weighted by molar-refractivity contribution is 5.74. The quantitative estimate of drug-likeness (QED) is 0.769. The zero-order valence-corrected chi connectivity index (χ0v) is 15.2. The van der Waals surface area contributed by atoms with E-state index in [-0.39, 0.29) is 12.1 Å². The highest BCUT2D eigenvalue weighted by Crippen LogP contribution is 2.28. The zero-order chi connectivity index (χ0) is 17.7. The van der Waals surface area contributed by atoms with Crippen LogP contribution in [0.3, 0.4) is 0 Å². The minimum atomic E-state index is -0.689. The number of hydrogen-bond acceptors (Lipinski definition) is 3. The van der Waals surface area contributed by atoms with Crippen LogP contribution < -0.4 is 10.6 Å². The van der Waals surface area contributed by atoms with Crippen molar-refractivity contribution in [2.45, 2.75) is 63.1 Å². The molecule has 2 aliphatic rings. The molecule has 1 saturated carbocycles. The van der Waals surface area contributed by atoms with Gasteiger partial charge in [-0.2, -0.15) is 0 Å². The second-order valence-electron chi connectivity index (χ2n) is 7.66. The number of amides is 2. The van der Waals surface area contributed by atoms with Gasteiger partial charge in [0, 0.05) is 31.7 Å². The van der Waals surface area contributed by atoms with Gasteiger partial charge in [-0.15, -0.1) is 0 Å². The fraction of sp³-hybridized carbons (Fsp3) is 0.650. The van der Waals surface area contributed by atoms with E-state index in [1.807, 2.05) is 6.07 Å². The molecule has 5 nitrogen and oxygen atoms in total. The maximum Gasteiger partial charge on any atom is 0.315 e. The summed E-state index contributed by atoms with van der Waals surface area (Å²) in [6.07, 6.45) is 5.63. The summed E-state index contributed by atoms with van der Waals surface area (Å²) in [5.41, 5.74) is 0.655. The van der Waals surface area contributed by atoms with E-state index < -0.39 is 5.60 Å². The van der Waals surface area contributed by atoms with Gasteiger partial charge in [0.15, 0.2) is 0 Å². The van der Waals surface area contributed by atoms with Crippen molar-refractivity contribution < 1.29 is 9.90 Å². The largest absolute Gasteiger partial charge is 0.388 e. The predicted octanol–water partition coefficient (Wildman–Crippen LogP) is 2.82. The Hall–Kier alpha value is -1.59. The molecule has 5 heteroatoms. The topological polar surface area (TPSA) is 64.6 Å². The summed E-state index contributed by atoms with van der Waals surface area (Å²) in [4.78, 5) is 14.6. The van der Waals surface area contributed by atoms with Gasteiger partial charge in [-0.1, -0.05) is 43.2 Å². The number of aliphatic hydroxyl groups is 1. The summed E-state index contributed by atoms with van der Waals surface area (Å²) in [6, 6.07) is 11.1. The second-order valence-corrected chi connectivity index (χ2v) is 7.66. The van der Waals surface area contributed by atoms with E-state index in [0.717, 1.165) is 51.6 Å². The van der Waals surface area contributed by atoms with Crippen molar-refractivity contribution in [1.29, 1.82) is 0 Å². The van der Waals surface area contributed by atoms with Crippen molar-refractivity contribution in [3.8, 4) is 0 Å². The molecule has 0 radical (unpaired) electrons. The smallest absolute Gasteiger partial charge is 0.315 e. The first-order valence-corrected chi connectivity index (χ1v) is 9.61. The number of likely N-dealkylation sites (tertiary alicyclic amines) is 1. The van der Waals surface area contributed by atoms with E-state index in [1.165, 1.54) is 5.56 Å². The highest BCUT2D eigenvalue weighted by atomic mass is 16.3. The second kappa shape index (κ2) is 8.19. The minimum absolute atomic E-state index is 0.144. The Morgan fingerprint density at radius 3 is 2.52 bits per heavy atom. The number of nitrogens with zero attached hydrogens (tertiary/aromatic N) is 1. The number of urea groups is 1. The number of rotatable bonds is 5. The molecule has 1 unspecified atom stereocenters. The molecule has 1 saturated heterocycles. The predicted molar refractivity (Wildman–Crippen MR) is 99.4 cm³/mol. The summed E-state index contributed by atoms with van der Waals surface area (Å²) in [6.45, 7) is 4.59. The van der Waals surface area contributed by atoms with Crippen LogP contribution in [0.1, 0.15) is 57.1 Å². The summed E-state index contributed by atoms with van der Waals surface area (Å²) in [7, 11) is 0. The molecule has 2 amide bonds. The first kappa shape index (κ1) is 18.2. The van der Waals surface area contributed by atoms with Crippen molar-refractivity contribution in [2.75, 3.05) is 19.6 Å². The molecule has 1 aromatic carbocycles. The molecule has 1 aliphatic heterocycles. The third-order valence-electron chi connectivity index (χ3n) is 5.81. The van der Waals surface area contributed by atoms with Gasteiger partial charge in [0.2, 0.25) is 0 Å². The van der Waals surface area contributed by atoms with Crippen LogP contribution in [-0.2, 0) is 0 Å². The van der Waals surface area contributed by atoms with Gasteiger partial charge < -0.3 is 15.7 Å². The van der Waals surface area contributed by atoms with Crippen LogP contribution in [0, 0.1) is 0 Å². The minimum Gasteiger partial charge on any atom is -0.388 e. The molecule has 0 spiro atoms. The lowest BCUT2D eigenvalue weighted by molar-refractivity contribution is 0.0498. The molecule has 0 aromatic heterocycles. The molecule has 138 valence electrons. The van der Waals surface area contributed by atoms with Crippen LogP contribution in [-0.4, -0.2) is 47.3 Å². The van der Waals surface area contributed by atoms with E-state index in [4.69, 9.17) is 0 Å². The molecule has 25 heavy (non-hydrogen) atoms. The molecule has 1 atom stereocenters. The average molecular weight is 345 g/mol. The maximum atomic E-state index is 12.1. The molecule has 0 bridgehead atoms. The van der Waals surface area contributed by atoms with Gasteiger partial charge in [0.1, 0.15) is 0 Å². The van der Waals surface area contributed by atoms with E-state index in [0.29, 0.717) is 12.6 Å². The Morgan fingerprint density at radius 2 is 1.88 bits per heavy atom. The van der Waals surface area contributed by atoms with Crippen LogP contribution in [0.4, 0.5) is 4.79 Å². The van der Waals surface area contributed by atoms with Crippen molar-refractivity contribution in [1.82, 2.24) is 15.5 Å². The first-order chi connectivity index (χ1) is 12.1. The maximum absolute atomic E-state index is 12.1. The average Bonchev–Trinajstić information content (AvgIpc) is 3.08. The summed E-state index contributed by atoms with van der Waals surface area (Å²) in [5.74, 6) is 0. The van der Waals surface area contributed by atoms with Crippen molar-refractivity contribution in [2.24, 2.45) is 0 Å². The van der Waals surface area contributed by atoms with E-state index in [9.17, 15) is 9.90 Å². The van der Waals surface area contributed by atoms with Crippen LogP contribution >= 0.6 is 0 Å². The number of piperidine rings is 1. The van der Waals surface area contributed by atoms with Crippen molar-refractivity contribution in [3.05, 3.63) is 35.9 Å². The lowest BCUT2D eigenvalue weighted by Gasteiger charge is -2.36. The SMILES string of the molecule is CC(c1ccccc1)N1CCC(NC(=O)NCC2(O)CCCC2)CC1. The van der Waals surface area contributed by atoms with E-state index in [2.05, 4.69) is 46.7 Å². The van der Waals surface area contributed by atoms with Crippen molar-refractivity contribution >= 4 is 6.03 Å². The Morgan fingerprint density at radius 1 is 1.24 bits per heavy atom. The Bertz CT molecular complexity index is 549. The first-order valence-electron chi connectivity index (χ1n) is 9.61. The Labute approximate surface area is 150 Å². The molecule has 3 N–H and O–H groups in total. The van der Waals surface area contributed by atoms with Gasteiger partial charge in [-0.25, -0.2) is 4.79 Å².